The Bertz CT molecular complexity index is 953. The van der Waals surface area contributed by atoms with Gasteiger partial charge < -0.3 is 10.1 Å². The molecule has 2 unspecified atom stereocenters. The number of benzene rings is 1. The first-order valence-corrected chi connectivity index (χ1v) is 12.9. The summed E-state index contributed by atoms with van der Waals surface area (Å²) in [6.07, 6.45) is 8.54. The zero-order chi connectivity index (χ0) is 21.9. The van der Waals surface area contributed by atoms with Crippen LogP contribution in [0.25, 0.3) is 0 Å². The van der Waals surface area contributed by atoms with Crippen LogP contribution < -0.4 is 10.1 Å². The van der Waals surface area contributed by atoms with Gasteiger partial charge in [0.05, 0.1) is 13.2 Å². The van der Waals surface area contributed by atoms with Crippen molar-refractivity contribution >= 4 is 43.2 Å². The van der Waals surface area contributed by atoms with Crippen molar-refractivity contribution in [2.75, 3.05) is 18.2 Å². The van der Waals surface area contributed by atoms with Crippen LogP contribution in [0.2, 0.25) is 0 Å². The zero-order valence-corrected chi connectivity index (χ0v) is 20.2. The van der Waals surface area contributed by atoms with E-state index in [-0.39, 0.29) is 0 Å². The van der Waals surface area contributed by atoms with Gasteiger partial charge in [0, 0.05) is 28.5 Å². The zero-order valence-electron chi connectivity index (χ0n) is 17.5. The Morgan fingerprint density at radius 1 is 1.29 bits per heavy atom. The Balaban J connectivity index is 1.56. The maximum absolute atomic E-state index is 14.2. The number of nitrogens with zero attached hydrogens (tertiary/aromatic N) is 2. The van der Waals surface area contributed by atoms with E-state index in [2.05, 4.69) is 42.0 Å². The second-order valence-corrected chi connectivity index (χ2v) is 9.26. The minimum Gasteiger partial charge on any atom is -0.493 e. The summed E-state index contributed by atoms with van der Waals surface area (Å²) < 4.78 is 20.1. The molecule has 0 amide bonds. The third-order valence-corrected chi connectivity index (χ3v) is 6.45. The number of aryl methyl sites for hydroxylation is 1. The number of aliphatic imine (C=N–C) groups is 1. The molecule has 2 aromatic heterocycles. The Morgan fingerprint density at radius 3 is 2.90 bits per heavy atom. The maximum Gasteiger partial charge on any atom is 0.161 e. The van der Waals surface area contributed by atoms with Crippen LogP contribution in [0.3, 0.4) is 0 Å². The number of halogens is 1. The lowest BCUT2D eigenvalue weighted by molar-refractivity contribution is 0.299. The SMILES string of the molecule is CSC(=NCc1cccnc1)Nc1ccc(OCCCCc2cccs2)c(C(F)P)c1. The van der Waals surface area contributed by atoms with Crippen LogP contribution in [0.4, 0.5) is 10.1 Å². The van der Waals surface area contributed by atoms with Crippen LogP contribution in [-0.2, 0) is 13.0 Å². The first-order valence-electron chi connectivity index (χ1n) is 10.1. The van der Waals surface area contributed by atoms with Gasteiger partial charge in [-0.3, -0.25) is 9.98 Å². The predicted octanol–water partition coefficient (Wildman–Crippen LogP) is 6.72. The Morgan fingerprint density at radius 2 is 2.19 bits per heavy atom. The van der Waals surface area contributed by atoms with Crippen molar-refractivity contribution in [2.45, 2.75) is 31.7 Å². The molecule has 1 N–H and O–H groups in total. The number of alkyl halides is 1. The summed E-state index contributed by atoms with van der Waals surface area (Å²) >= 11 is 3.29. The van der Waals surface area contributed by atoms with Gasteiger partial charge in [-0.1, -0.05) is 33.1 Å². The highest BCUT2D eigenvalue weighted by Crippen LogP contribution is 2.35. The average Bonchev–Trinajstić information content (AvgIpc) is 3.31. The molecule has 0 aliphatic heterocycles. The number of unbranched alkanes of at least 4 members (excludes halogenated alkanes) is 1. The Kier molecular flexibility index (Phi) is 9.79. The van der Waals surface area contributed by atoms with Gasteiger partial charge in [0.2, 0.25) is 0 Å². The molecule has 0 radical (unpaired) electrons. The number of thioether (sulfide) groups is 1. The molecule has 0 spiro atoms. The summed E-state index contributed by atoms with van der Waals surface area (Å²) in [5.74, 6) is -0.616. The van der Waals surface area contributed by atoms with Crippen LogP contribution in [0.15, 0.2) is 65.2 Å². The molecule has 8 heteroatoms. The normalized spacial score (nSPS) is 12.5. The predicted molar refractivity (Wildman–Crippen MR) is 135 cm³/mol. The lowest BCUT2D eigenvalue weighted by Gasteiger charge is -2.15. The Labute approximate surface area is 194 Å². The van der Waals surface area contributed by atoms with Gasteiger partial charge >= 0.3 is 0 Å². The number of rotatable bonds is 10. The van der Waals surface area contributed by atoms with Crippen LogP contribution in [-0.4, -0.2) is 23.0 Å². The first-order chi connectivity index (χ1) is 15.2. The topological polar surface area (TPSA) is 46.5 Å². The number of pyridine rings is 1. The number of ether oxygens (including phenoxy) is 1. The second-order valence-electron chi connectivity index (χ2n) is 6.85. The van der Waals surface area contributed by atoms with Gasteiger partial charge in [0.25, 0.3) is 0 Å². The standard InChI is InChI=1S/C23H27FN3OPS2/c1-30-23(26-16-17-6-4-11-25-15-17)27-18-9-10-21(20(14-18)22(24)29)28-12-3-2-7-19-8-5-13-31-19/h4-6,8-11,13-15,22H,2-3,7,12,16,29H2,1H3,(H,26,27). The monoisotopic (exact) mass is 475 g/mol. The number of hydrogen-bond acceptors (Lipinski definition) is 5. The third kappa shape index (κ3) is 7.91. The number of thiophene rings is 1. The molecule has 4 nitrogen and oxygen atoms in total. The molecular weight excluding hydrogens is 448 g/mol. The second kappa shape index (κ2) is 12.8. The fourth-order valence-corrected chi connectivity index (χ4v) is 4.37. The van der Waals surface area contributed by atoms with E-state index in [0.29, 0.717) is 24.5 Å². The van der Waals surface area contributed by atoms with Crippen molar-refractivity contribution in [3.8, 4) is 5.75 Å². The van der Waals surface area contributed by atoms with E-state index in [1.165, 1.54) is 16.6 Å². The highest BCUT2D eigenvalue weighted by Gasteiger charge is 2.13. The van der Waals surface area contributed by atoms with Crippen LogP contribution in [0.1, 0.15) is 34.8 Å². The molecule has 0 bridgehead atoms. The molecule has 1 aromatic carbocycles. The van der Waals surface area contributed by atoms with Crippen LogP contribution in [0, 0.1) is 0 Å². The number of amidine groups is 1. The summed E-state index contributed by atoms with van der Waals surface area (Å²) in [4.78, 5) is 10.1. The molecule has 0 saturated carbocycles. The van der Waals surface area contributed by atoms with Crippen molar-refractivity contribution < 1.29 is 9.13 Å². The van der Waals surface area contributed by atoms with Crippen LogP contribution in [0.5, 0.6) is 5.75 Å². The summed E-state index contributed by atoms with van der Waals surface area (Å²) in [5, 5.41) is 6.13. The number of aromatic nitrogens is 1. The minimum atomic E-state index is -1.20. The van der Waals surface area contributed by atoms with E-state index in [0.717, 1.165) is 35.7 Å². The van der Waals surface area contributed by atoms with Crippen molar-refractivity contribution in [3.63, 3.8) is 0 Å². The Hall–Kier alpha value is -1.95. The molecule has 2 atom stereocenters. The quantitative estimate of drug-likeness (QED) is 0.153. The molecule has 0 saturated heterocycles. The fraction of sp³-hybridized carbons (Fsp3) is 0.304. The molecule has 3 rings (SSSR count). The molecule has 164 valence electrons. The van der Waals surface area contributed by atoms with E-state index < -0.39 is 5.91 Å². The van der Waals surface area contributed by atoms with Gasteiger partial charge in [-0.05, 0) is 66.8 Å². The molecule has 2 heterocycles. The highest BCUT2D eigenvalue weighted by molar-refractivity contribution is 8.13. The van der Waals surface area contributed by atoms with Gasteiger partial charge in [0.1, 0.15) is 11.7 Å². The largest absolute Gasteiger partial charge is 0.493 e. The average molecular weight is 476 g/mol. The lowest BCUT2D eigenvalue weighted by atomic mass is 10.2. The van der Waals surface area contributed by atoms with E-state index in [4.69, 9.17) is 4.74 Å². The first kappa shape index (κ1) is 23.7. The van der Waals surface area contributed by atoms with Crippen LogP contribution >= 0.6 is 32.3 Å². The number of anilines is 1. The molecule has 0 fully saturated rings. The summed E-state index contributed by atoms with van der Waals surface area (Å²) in [7, 11) is 2.21. The van der Waals surface area contributed by atoms with E-state index >= 15 is 0 Å². The number of hydrogen-bond donors (Lipinski definition) is 1. The highest BCUT2D eigenvalue weighted by atomic mass is 32.2. The fourth-order valence-electron chi connectivity index (χ4n) is 2.94. The van der Waals surface area contributed by atoms with E-state index in [9.17, 15) is 4.39 Å². The van der Waals surface area contributed by atoms with Gasteiger partial charge in [-0.2, -0.15) is 0 Å². The molecule has 0 aliphatic carbocycles. The lowest BCUT2D eigenvalue weighted by Crippen LogP contribution is -2.09. The van der Waals surface area contributed by atoms with Crippen molar-refractivity contribution in [1.29, 1.82) is 0 Å². The molecule has 0 aliphatic rings. The van der Waals surface area contributed by atoms with E-state index in [1.54, 1.807) is 29.8 Å². The smallest absolute Gasteiger partial charge is 0.161 e. The summed E-state index contributed by atoms with van der Waals surface area (Å²) in [5.41, 5.74) is 2.33. The van der Waals surface area contributed by atoms with Crippen molar-refractivity contribution in [2.24, 2.45) is 4.99 Å². The molecule has 31 heavy (non-hydrogen) atoms. The van der Waals surface area contributed by atoms with Crippen molar-refractivity contribution in [1.82, 2.24) is 4.98 Å². The maximum atomic E-state index is 14.2. The van der Waals surface area contributed by atoms with Gasteiger partial charge in [-0.25, -0.2) is 4.39 Å². The van der Waals surface area contributed by atoms with Gasteiger partial charge in [0.15, 0.2) is 5.17 Å². The summed E-state index contributed by atoms with van der Waals surface area (Å²) in [6, 6.07) is 13.6. The third-order valence-electron chi connectivity index (χ3n) is 4.53. The van der Waals surface area contributed by atoms with Crippen molar-refractivity contribution in [3.05, 3.63) is 76.2 Å². The summed E-state index contributed by atoms with van der Waals surface area (Å²) in [6.45, 7) is 1.11. The molecular formula is C23H27FN3OPS2. The number of nitrogens with one attached hydrogen (secondary N) is 1. The molecule has 3 aromatic rings. The van der Waals surface area contributed by atoms with E-state index in [1.807, 2.05) is 30.5 Å². The minimum absolute atomic E-state index is 0.515. The van der Waals surface area contributed by atoms with Gasteiger partial charge in [-0.15, -0.1) is 11.3 Å².